The summed E-state index contributed by atoms with van der Waals surface area (Å²) in [4.78, 5) is 11.3. The Hall–Kier alpha value is -0.840. The summed E-state index contributed by atoms with van der Waals surface area (Å²) in [6.45, 7) is 5.53. The van der Waals surface area contributed by atoms with Crippen molar-refractivity contribution in [2.45, 2.75) is 32.9 Å². The number of benzene rings is 1. The molecule has 1 aromatic carbocycles. The van der Waals surface area contributed by atoms with Gasteiger partial charge in [0.05, 0.1) is 11.1 Å². The lowest BCUT2D eigenvalue weighted by molar-refractivity contribution is -0.121. The van der Waals surface area contributed by atoms with Crippen LogP contribution in [0.3, 0.4) is 0 Å². The highest BCUT2D eigenvalue weighted by molar-refractivity contribution is 6.35. The van der Waals surface area contributed by atoms with E-state index >= 15 is 0 Å². The molecule has 0 saturated heterocycles. The summed E-state index contributed by atoms with van der Waals surface area (Å²) < 4.78 is 13.5. The molecule has 6 heteroatoms. The van der Waals surface area contributed by atoms with E-state index in [1.165, 1.54) is 12.1 Å². The fourth-order valence-electron chi connectivity index (χ4n) is 1.83. The normalized spacial score (nSPS) is 14.5. The summed E-state index contributed by atoms with van der Waals surface area (Å²) in [6.07, 6.45) is 0. The van der Waals surface area contributed by atoms with E-state index in [1.807, 2.05) is 13.8 Å². The Labute approximate surface area is 122 Å². The Kier molecular flexibility index (Phi) is 5.59. The molecule has 0 aliphatic rings. The van der Waals surface area contributed by atoms with Gasteiger partial charge in [0.1, 0.15) is 5.82 Å². The largest absolute Gasteiger partial charge is 0.368 e. The van der Waals surface area contributed by atoms with Crippen LogP contribution in [0.1, 0.15) is 32.4 Å². The van der Waals surface area contributed by atoms with Gasteiger partial charge in [-0.15, -0.1) is 0 Å². The molecule has 1 aromatic rings. The zero-order valence-corrected chi connectivity index (χ0v) is 12.5. The predicted octanol–water partition coefficient (Wildman–Crippen LogP) is 3.29. The second-order valence-electron chi connectivity index (χ2n) is 4.80. The lowest BCUT2D eigenvalue weighted by atomic mass is 10.0. The summed E-state index contributed by atoms with van der Waals surface area (Å²) in [6, 6.07) is 1.78. The topological polar surface area (TPSA) is 55.1 Å². The molecule has 0 spiro atoms. The first-order valence-electron chi connectivity index (χ1n) is 5.93. The molecular formula is C13H17Cl2FN2O. The molecule has 2 unspecified atom stereocenters. The van der Waals surface area contributed by atoms with Crippen LogP contribution in [0.5, 0.6) is 0 Å². The number of carbonyl (C=O) groups is 1. The van der Waals surface area contributed by atoms with Crippen molar-refractivity contribution in [3.05, 3.63) is 33.6 Å². The molecule has 3 N–H and O–H groups in total. The van der Waals surface area contributed by atoms with E-state index in [0.29, 0.717) is 10.6 Å². The summed E-state index contributed by atoms with van der Waals surface area (Å²) in [7, 11) is 0. The number of nitrogens with one attached hydrogen (secondary N) is 1. The van der Waals surface area contributed by atoms with Crippen LogP contribution in [0.2, 0.25) is 10.0 Å². The lowest BCUT2D eigenvalue weighted by Crippen LogP contribution is -2.46. The Balaban J connectivity index is 2.97. The number of amides is 1. The van der Waals surface area contributed by atoms with Crippen molar-refractivity contribution >= 4 is 29.1 Å². The quantitative estimate of drug-likeness (QED) is 0.820. The number of primary amides is 1. The van der Waals surface area contributed by atoms with Crippen LogP contribution in [-0.4, -0.2) is 11.9 Å². The van der Waals surface area contributed by atoms with Crippen LogP contribution in [-0.2, 0) is 4.79 Å². The highest BCUT2D eigenvalue weighted by Gasteiger charge is 2.23. The fourth-order valence-corrected chi connectivity index (χ4v) is 2.38. The number of hydrogen-bond acceptors (Lipinski definition) is 2. The number of halogens is 3. The molecule has 2 atom stereocenters. The second-order valence-corrected chi connectivity index (χ2v) is 5.61. The van der Waals surface area contributed by atoms with Crippen LogP contribution in [0.15, 0.2) is 12.1 Å². The molecule has 3 nitrogen and oxygen atoms in total. The van der Waals surface area contributed by atoms with Gasteiger partial charge in [-0.2, -0.15) is 0 Å². The van der Waals surface area contributed by atoms with Crippen molar-refractivity contribution in [2.75, 3.05) is 0 Å². The molecule has 0 radical (unpaired) electrons. The van der Waals surface area contributed by atoms with Crippen molar-refractivity contribution in [1.29, 1.82) is 0 Å². The van der Waals surface area contributed by atoms with Gasteiger partial charge in [0.25, 0.3) is 0 Å². The zero-order valence-electron chi connectivity index (χ0n) is 11.0. The maximum absolute atomic E-state index is 13.5. The lowest BCUT2D eigenvalue weighted by Gasteiger charge is -2.24. The van der Waals surface area contributed by atoms with Crippen molar-refractivity contribution in [1.82, 2.24) is 5.32 Å². The Morgan fingerprint density at radius 3 is 2.32 bits per heavy atom. The molecule has 1 amide bonds. The minimum absolute atomic E-state index is 0.0240. The van der Waals surface area contributed by atoms with Gasteiger partial charge >= 0.3 is 0 Å². The molecule has 0 saturated carbocycles. The molecule has 0 heterocycles. The predicted molar refractivity (Wildman–Crippen MR) is 75.8 cm³/mol. The summed E-state index contributed by atoms with van der Waals surface area (Å²) in [5.74, 6) is -0.974. The van der Waals surface area contributed by atoms with Gasteiger partial charge in [-0.05, 0) is 30.5 Å². The SMILES string of the molecule is CC(NC(C(N)=O)C(C)C)c1cc(F)c(Cl)cc1Cl. The van der Waals surface area contributed by atoms with E-state index in [9.17, 15) is 9.18 Å². The maximum Gasteiger partial charge on any atom is 0.234 e. The number of hydrogen-bond donors (Lipinski definition) is 2. The zero-order chi connectivity index (χ0) is 14.7. The molecule has 19 heavy (non-hydrogen) atoms. The minimum atomic E-state index is -0.546. The van der Waals surface area contributed by atoms with Crippen molar-refractivity contribution in [2.24, 2.45) is 11.7 Å². The van der Waals surface area contributed by atoms with E-state index in [-0.39, 0.29) is 17.0 Å². The van der Waals surface area contributed by atoms with E-state index in [2.05, 4.69) is 5.32 Å². The Morgan fingerprint density at radius 1 is 1.26 bits per heavy atom. The van der Waals surface area contributed by atoms with Crippen LogP contribution in [0, 0.1) is 11.7 Å². The highest BCUT2D eigenvalue weighted by Crippen LogP contribution is 2.29. The minimum Gasteiger partial charge on any atom is -0.368 e. The van der Waals surface area contributed by atoms with Gasteiger partial charge in [0.2, 0.25) is 5.91 Å². The van der Waals surface area contributed by atoms with E-state index < -0.39 is 17.8 Å². The maximum atomic E-state index is 13.5. The monoisotopic (exact) mass is 306 g/mol. The molecule has 0 bridgehead atoms. The smallest absolute Gasteiger partial charge is 0.234 e. The van der Waals surface area contributed by atoms with Gasteiger partial charge in [0.15, 0.2) is 0 Å². The molecule has 0 aromatic heterocycles. The first kappa shape index (κ1) is 16.2. The third-order valence-corrected chi connectivity index (χ3v) is 3.53. The highest BCUT2D eigenvalue weighted by atomic mass is 35.5. The standard InChI is InChI=1S/C13H17Cl2FN2O/c1-6(2)12(13(17)19)18-7(3)8-4-11(16)10(15)5-9(8)14/h4-7,12,18H,1-3H3,(H2,17,19). The van der Waals surface area contributed by atoms with Crippen LogP contribution in [0.4, 0.5) is 4.39 Å². The van der Waals surface area contributed by atoms with Crippen LogP contribution < -0.4 is 11.1 Å². The van der Waals surface area contributed by atoms with E-state index in [1.54, 1.807) is 6.92 Å². The number of carbonyl (C=O) groups excluding carboxylic acids is 1. The summed E-state index contributed by atoms with van der Waals surface area (Å²) >= 11 is 11.7. The summed E-state index contributed by atoms with van der Waals surface area (Å²) in [5, 5.41) is 3.37. The van der Waals surface area contributed by atoms with Crippen molar-refractivity contribution in [3.63, 3.8) is 0 Å². The van der Waals surface area contributed by atoms with E-state index in [4.69, 9.17) is 28.9 Å². The van der Waals surface area contributed by atoms with Gasteiger partial charge in [-0.1, -0.05) is 37.0 Å². The first-order valence-corrected chi connectivity index (χ1v) is 6.69. The Morgan fingerprint density at radius 2 is 1.84 bits per heavy atom. The van der Waals surface area contributed by atoms with Gasteiger partial charge in [-0.25, -0.2) is 4.39 Å². The van der Waals surface area contributed by atoms with Gasteiger partial charge < -0.3 is 5.73 Å². The average Bonchev–Trinajstić information content (AvgIpc) is 2.29. The van der Waals surface area contributed by atoms with Crippen LogP contribution >= 0.6 is 23.2 Å². The number of nitrogens with two attached hydrogens (primary N) is 1. The second kappa shape index (κ2) is 6.55. The third kappa shape index (κ3) is 4.06. The van der Waals surface area contributed by atoms with Gasteiger partial charge in [-0.3, -0.25) is 10.1 Å². The van der Waals surface area contributed by atoms with Crippen LogP contribution in [0.25, 0.3) is 0 Å². The number of rotatable bonds is 5. The molecule has 106 valence electrons. The molecule has 0 aliphatic heterocycles. The van der Waals surface area contributed by atoms with Crippen molar-refractivity contribution in [3.8, 4) is 0 Å². The van der Waals surface area contributed by atoms with Gasteiger partial charge in [0, 0.05) is 11.1 Å². The average molecular weight is 307 g/mol. The molecule has 0 aliphatic carbocycles. The third-order valence-electron chi connectivity index (χ3n) is 2.91. The first-order chi connectivity index (χ1) is 8.73. The van der Waals surface area contributed by atoms with E-state index in [0.717, 1.165) is 0 Å². The molecular weight excluding hydrogens is 290 g/mol. The fraction of sp³-hybridized carbons (Fsp3) is 0.462. The molecule has 0 fully saturated rings. The summed E-state index contributed by atoms with van der Waals surface area (Å²) in [5.41, 5.74) is 5.86. The Bertz CT molecular complexity index is 480. The molecule has 1 rings (SSSR count). The van der Waals surface area contributed by atoms with Crippen molar-refractivity contribution < 1.29 is 9.18 Å².